The summed E-state index contributed by atoms with van der Waals surface area (Å²) in [5.74, 6) is -0.332. The third-order valence-corrected chi connectivity index (χ3v) is 7.15. The van der Waals surface area contributed by atoms with E-state index < -0.39 is 22.5 Å². The fourth-order valence-electron chi connectivity index (χ4n) is 3.05. The third-order valence-electron chi connectivity index (χ3n) is 4.71. The van der Waals surface area contributed by atoms with E-state index in [9.17, 15) is 13.2 Å². The monoisotopic (exact) mass is 519 g/mol. The fraction of sp³-hybridized carbons (Fsp3) is 0.167. The summed E-state index contributed by atoms with van der Waals surface area (Å²) in [4.78, 5) is 12.8. The summed E-state index contributed by atoms with van der Waals surface area (Å²) in [7, 11) is -4.10. The van der Waals surface area contributed by atoms with Gasteiger partial charge in [-0.2, -0.15) is 5.10 Å². The number of ether oxygens (including phenoxy) is 1. The second kappa shape index (κ2) is 11.4. The number of halogens is 2. The van der Waals surface area contributed by atoms with Gasteiger partial charge in [-0.1, -0.05) is 59.1 Å². The Hall–Kier alpha value is -3.07. The molecule has 7 nitrogen and oxygen atoms in total. The van der Waals surface area contributed by atoms with E-state index in [-0.39, 0.29) is 10.6 Å². The summed E-state index contributed by atoms with van der Waals surface area (Å²) in [6.45, 7) is 3.44. The van der Waals surface area contributed by atoms with E-state index >= 15 is 0 Å². The molecule has 0 atom stereocenters. The molecule has 0 saturated heterocycles. The number of aryl methyl sites for hydroxylation is 1. The van der Waals surface area contributed by atoms with Crippen molar-refractivity contribution in [3.05, 3.63) is 87.9 Å². The Morgan fingerprint density at radius 1 is 1.03 bits per heavy atom. The number of anilines is 1. The molecule has 1 N–H and O–H groups in total. The van der Waals surface area contributed by atoms with Crippen molar-refractivity contribution in [3.63, 3.8) is 0 Å². The lowest BCUT2D eigenvalue weighted by atomic mass is 10.2. The Morgan fingerprint density at radius 3 is 2.32 bits per heavy atom. The van der Waals surface area contributed by atoms with Gasteiger partial charge < -0.3 is 4.74 Å². The molecule has 0 aromatic heterocycles. The molecule has 0 aliphatic carbocycles. The molecule has 0 aliphatic rings. The summed E-state index contributed by atoms with van der Waals surface area (Å²) in [5, 5.41) is 4.61. The molecule has 1 amide bonds. The van der Waals surface area contributed by atoms with Gasteiger partial charge in [-0.05, 0) is 50.2 Å². The average Bonchev–Trinajstić information content (AvgIpc) is 2.80. The number of hydrogen-bond acceptors (Lipinski definition) is 5. The van der Waals surface area contributed by atoms with Gasteiger partial charge in [0.2, 0.25) is 0 Å². The first kappa shape index (κ1) is 25.6. The van der Waals surface area contributed by atoms with Gasteiger partial charge in [0.1, 0.15) is 12.3 Å². The lowest BCUT2D eigenvalue weighted by Crippen LogP contribution is -2.39. The minimum Gasteiger partial charge on any atom is -0.492 e. The Bertz CT molecular complexity index is 1280. The standard InChI is InChI=1S/C24H23Cl2N3O4S/c1-3-33-23-10-5-4-9-22(23)29(34(31,32)18-13-11-17(2)12-14-18)16-24(30)28-27-15-19-20(25)7-6-8-21(19)26/h4-15H,3,16H2,1-2H3,(H,28,30)/b27-15-. The van der Waals surface area contributed by atoms with Crippen LogP contribution in [-0.2, 0) is 14.8 Å². The number of para-hydroxylation sites is 2. The van der Waals surface area contributed by atoms with E-state index in [0.29, 0.717) is 28.0 Å². The largest absolute Gasteiger partial charge is 0.492 e. The molecule has 0 spiro atoms. The number of hydrogen-bond donors (Lipinski definition) is 1. The Kier molecular flexibility index (Phi) is 8.55. The lowest BCUT2D eigenvalue weighted by molar-refractivity contribution is -0.119. The molecule has 0 bridgehead atoms. The number of amides is 1. The van der Waals surface area contributed by atoms with Crippen molar-refractivity contribution in [2.45, 2.75) is 18.7 Å². The number of nitrogens with one attached hydrogen (secondary N) is 1. The summed E-state index contributed by atoms with van der Waals surface area (Å²) < 4.78 is 33.7. The van der Waals surface area contributed by atoms with Gasteiger partial charge in [-0.25, -0.2) is 13.8 Å². The molecule has 3 rings (SSSR count). The highest BCUT2D eigenvalue weighted by Crippen LogP contribution is 2.32. The van der Waals surface area contributed by atoms with Crippen LogP contribution in [0.3, 0.4) is 0 Å². The van der Waals surface area contributed by atoms with E-state index in [0.717, 1.165) is 9.87 Å². The zero-order chi connectivity index (χ0) is 24.7. The topological polar surface area (TPSA) is 88.1 Å². The highest BCUT2D eigenvalue weighted by atomic mass is 35.5. The van der Waals surface area contributed by atoms with Gasteiger partial charge >= 0.3 is 0 Å². The number of carbonyl (C=O) groups is 1. The molecule has 3 aromatic rings. The van der Waals surface area contributed by atoms with Crippen LogP contribution in [0.5, 0.6) is 5.75 Å². The van der Waals surface area contributed by atoms with Crippen LogP contribution in [0.15, 0.2) is 76.7 Å². The van der Waals surface area contributed by atoms with Crippen molar-refractivity contribution >= 4 is 51.0 Å². The van der Waals surface area contributed by atoms with Crippen molar-refractivity contribution in [3.8, 4) is 5.75 Å². The summed E-state index contributed by atoms with van der Waals surface area (Å²) in [5.41, 5.74) is 3.91. The van der Waals surface area contributed by atoms with Gasteiger partial charge in [0, 0.05) is 5.56 Å². The van der Waals surface area contributed by atoms with Crippen LogP contribution in [0.1, 0.15) is 18.1 Å². The van der Waals surface area contributed by atoms with Crippen molar-refractivity contribution < 1.29 is 17.9 Å². The minimum absolute atomic E-state index is 0.0450. The summed E-state index contributed by atoms with van der Waals surface area (Å²) in [6.07, 6.45) is 1.30. The SMILES string of the molecule is CCOc1ccccc1N(CC(=O)N/N=C\c1c(Cl)cccc1Cl)S(=O)(=O)c1ccc(C)cc1. The molecule has 0 radical (unpaired) electrons. The van der Waals surface area contributed by atoms with Gasteiger partial charge in [0.25, 0.3) is 15.9 Å². The average molecular weight is 520 g/mol. The maximum absolute atomic E-state index is 13.5. The van der Waals surface area contributed by atoms with E-state index in [1.165, 1.54) is 18.3 Å². The first-order valence-corrected chi connectivity index (χ1v) is 12.5. The molecule has 34 heavy (non-hydrogen) atoms. The molecular weight excluding hydrogens is 497 g/mol. The second-order valence-corrected chi connectivity index (χ2v) is 9.83. The zero-order valence-electron chi connectivity index (χ0n) is 18.5. The maximum atomic E-state index is 13.5. The molecule has 0 heterocycles. The molecule has 0 aliphatic heterocycles. The van der Waals surface area contributed by atoms with Crippen LogP contribution in [0, 0.1) is 6.92 Å². The summed E-state index contributed by atoms with van der Waals surface area (Å²) in [6, 6.07) is 18.0. The quantitative estimate of drug-likeness (QED) is 0.316. The number of sulfonamides is 1. The van der Waals surface area contributed by atoms with Crippen molar-refractivity contribution in [2.75, 3.05) is 17.5 Å². The highest BCUT2D eigenvalue weighted by Gasteiger charge is 2.29. The maximum Gasteiger partial charge on any atom is 0.264 e. The fourth-order valence-corrected chi connectivity index (χ4v) is 4.97. The van der Waals surface area contributed by atoms with E-state index in [1.54, 1.807) is 61.5 Å². The number of hydrazone groups is 1. The van der Waals surface area contributed by atoms with Crippen molar-refractivity contribution in [1.82, 2.24) is 5.43 Å². The molecule has 0 fully saturated rings. The zero-order valence-corrected chi connectivity index (χ0v) is 20.9. The third kappa shape index (κ3) is 6.08. The first-order chi connectivity index (χ1) is 16.2. The van der Waals surface area contributed by atoms with Crippen LogP contribution >= 0.6 is 23.2 Å². The number of benzene rings is 3. The molecule has 0 saturated carbocycles. The highest BCUT2D eigenvalue weighted by molar-refractivity contribution is 7.92. The van der Waals surface area contributed by atoms with Gasteiger partial charge in [0.05, 0.1) is 33.4 Å². The molecule has 178 valence electrons. The number of rotatable bonds is 9. The second-order valence-electron chi connectivity index (χ2n) is 7.15. The number of carbonyl (C=O) groups excluding carboxylic acids is 1. The van der Waals surface area contributed by atoms with Crippen LogP contribution < -0.4 is 14.5 Å². The molecular formula is C24H23Cl2N3O4S. The first-order valence-electron chi connectivity index (χ1n) is 10.3. The van der Waals surface area contributed by atoms with Gasteiger partial charge in [-0.3, -0.25) is 9.10 Å². The Labute approximate surface area is 209 Å². The molecule has 10 heteroatoms. The molecule has 0 unspecified atom stereocenters. The van der Waals surface area contributed by atoms with Crippen LogP contribution in [-0.4, -0.2) is 33.7 Å². The van der Waals surface area contributed by atoms with E-state index in [4.69, 9.17) is 27.9 Å². The number of nitrogens with zero attached hydrogens (tertiary/aromatic N) is 2. The van der Waals surface area contributed by atoms with Crippen molar-refractivity contribution in [1.29, 1.82) is 0 Å². The van der Waals surface area contributed by atoms with Gasteiger partial charge in [0.15, 0.2) is 0 Å². The van der Waals surface area contributed by atoms with Crippen LogP contribution in [0.25, 0.3) is 0 Å². The Morgan fingerprint density at radius 2 is 1.68 bits per heavy atom. The lowest BCUT2D eigenvalue weighted by Gasteiger charge is -2.25. The normalized spacial score (nSPS) is 11.4. The molecule has 3 aromatic carbocycles. The van der Waals surface area contributed by atoms with E-state index in [1.807, 2.05) is 6.92 Å². The van der Waals surface area contributed by atoms with Gasteiger partial charge in [-0.15, -0.1) is 0 Å². The Balaban J connectivity index is 1.92. The van der Waals surface area contributed by atoms with Crippen LogP contribution in [0.4, 0.5) is 5.69 Å². The predicted molar refractivity (Wildman–Crippen MR) is 136 cm³/mol. The van der Waals surface area contributed by atoms with Crippen LogP contribution in [0.2, 0.25) is 10.0 Å². The predicted octanol–water partition coefficient (Wildman–Crippen LogP) is 5.05. The van der Waals surface area contributed by atoms with Crippen molar-refractivity contribution in [2.24, 2.45) is 5.10 Å². The summed E-state index contributed by atoms with van der Waals surface area (Å²) >= 11 is 12.2. The smallest absolute Gasteiger partial charge is 0.264 e. The van der Waals surface area contributed by atoms with E-state index in [2.05, 4.69) is 10.5 Å². The minimum atomic E-state index is -4.10.